The molecule has 5 heteroatoms. The van der Waals surface area contributed by atoms with Crippen molar-refractivity contribution in [2.24, 2.45) is 0 Å². The Balaban J connectivity index is 2.10. The number of hydrogen-bond acceptors (Lipinski definition) is 3. The average molecular weight is 308 g/mol. The van der Waals surface area contributed by atoms with E-state index in [1.54, 1.807) is 12.1 Å². The smallest absolute Gasteiger partial charge is 0.157 e. The topological polar surface area (TPSA) is 54.4 Å². The molecule has 0 aliphatic carbocycles. The van der Waals surface area contributed by atoms with Crippen LogP contribution in [0.25, 0.3) is 0 Å². The van der Waals surface area contributed by atoms with Crippen molar-refractivity contribution in [3.8, 4) is 0 Å². The Morgan fingerprint density at radius 3 is 2.33 bits per heavy atom. The Labute approximate surface area is 124 Å². The summed E-state index contributed by atoms with van der Waals surface area (Å²) in [7, 11) is -3.46. The van der Waals surface area contributed by atoms with Crippen LogP contribution in [0.5, 0.6) is 0 Å². The van der Waals surface area contributed by atoms with Gasteiger partial charge in [-0.05, 0) is 35.7 Å². The predicted molar refractivity (Wildman–Crippen MR) is 80.0 cm³/mol. The highest BCUT2D eigenvalue weighted by atomic mass is 32.2. The lowest BCUT2D eigenvalue weighted by molar-refractivity contribution is 0.201. The van der Waals surface area contributed by atoms with Crippen LogP contribution in [0.4, 0.5) is 4.39 Å². The van der Waals surface area contributed by atoms with Gasteiger partial charge < -0.3 is 5.11 Å². The van der Waals surface area contributed by atoms with Gasteiger partial charge in [0.2, 0.25) is 0 Å². The van der Waals surface area contributed by atoms with Crippen molar-refractivity contribution < 1.29 is 17.9 Å². The largest absolute Gasteiger partial charge is 0.387 e. The third kappa shape index (κ3) is 4.37. The summed E-state index contributed by atoms with van der Waals surface area (Å²) in [5, 5.41) is 9.99. The molecule has 2 aromatic carbocycles. The van der Waals surface area contributed by atoms with E-state index in [4.69, 9.17) is 0 Å². The molecule has 0 saturated carbocycles. The maximum absolute atomic E-state index is 12.8. The number of sulfone groups is 1. The summed E-state index contributed by atoms with van der Waals surface area (Å²) < 4.78 is 37.2. The molecule has 3 nitrogen and oxygen atoms in total. The predicted octanol–water partition coefficient (Wildman–Crippen LogP) is 2.78. The SMILES string of the molecule is Cc1ccccc1CS(=O)(=O)CC(O)c1ccc(F)cc1. The molecule has 112 valence electrons. The maximum Gasteiger partial charge on any atom is 0.157 e. The Kier molecular flexibility index (Phi) is 4.75. The summed E-state index contributed by atoms with van der Waals surface area (Å²) in [6.45, 7) is 1.85. The first-order valence-corrected chi connectivity index (χ1v) is 8.38. The third-order valence-corrected chi connectivity index (χ3v) is 4.88. The van der Waals surface area contributed by atoms with Crippen molar-refractivity contribution in [3.63, 3.8) is 0 Å². The van der Waals surface area contributed by atoms with Crippen LogP contribution < -0.4 is 0 Å². The molecule has 2 rings (SSSR count). The van der Waals surface area contributed by atoms with Crippen LogP contribution in [0.3, 0.4) is 0 Å². The van der Waals surface area contributed by atoms with Gasteiger partial charge in [0, 0.05) is 0 Å². The second-order valence-corrected chi connectivity index (χ2v) is 7.16. The van der Waals surface area contributed by atoms with E-state index in [9.17, 15) is 17.9 Å². The number of halogens is 1. The molecule has 0 amide bonds. The first-order chi connectivity index (χ1) is 9.87. The van der Waals surface area contributed by atoms with Gasteiger partial charge >= 0.3 is 0 Å². The molecule has 0 radical (unpaired) electrons. The third-order valence-electron chi connectivity index (χ3n) is 3.30. The van der Waals surface area contributed by atoms with E-state index in [0.29, 0.717) is 5.56 Å². The van der Waals surface area contributed by atoms with E-state index in [0.717, 1.165) is 11.1 Å². The summed E-state index contributed by atoms with van der Waals surface area (Å²) in [5.74, 6) is -0.918. The number of hydrogen-bond donors (Lipinski definition) is 1. The molecular formula is C16H17FO3S. The molecule has 0 saturated heterocycles. The zero-order valence-corrected chi connectivity index (χ0v) is 12.5. The lowest BCUT2D eigenvalue weighted by atomic mass is 10.1. The Hall–Kier alpha value is -1.72. The van der Waals surface area contributed by atoms with Crippen molar-refractivity contribution in [1.82, 2.24) is 0 Å². The highest BCUT2D eigenvalue weighted by molar-refractivity contribution is 7.90. The Bertz CT molecular complexity index is 709. The van der Waals surface area contributed by atoms with E-state index >= 15 is 0 Å². The highest BCUT2D eigenvalue weighted by Gasteiger charge is 2.20. The molecule has 1 atom stereocenters. The molecular weight excluding hydrogens is 291 g/mol. The van der Waals surface area contributed by atoms with Crippen LogP contribution >= 0.6 is 0 Å². The number of aliphatic hydroxyl groups excluding tert-OH is 1. The van der Waals surface area contributed by atoms with Gasteiger partial charge in [-0.1, -0.05) is 36.4 Å². The van der Waals surface area contributed by atoms with Gasteiger partial charge in [-0.2, -0.15) is 0 Å². The monoisotopic (exact) mass is 308 g/mol. The molecule has 1 unspecified atom stereocenters. The second-order valence-electron chi connectivity index (χ2n) is 5.05. The van der Waals surface area contributed by atoms with Crippen LogP contribution in [-0.2, 0) is 15.6 Å². The van der Waals surface area contributed by atoms with Crippen molar-refractivity contribution in [1.29, 1.82) is 0 Å². The summed E-state index contributed by atoms with van der Waals surface area (Å²) in [6, 6.07) is 12.4. The molecule has 21 heavy (non-hydrogen) atoms. The minimum atomic E-state index is -3.46. The molecule has 0 fully saturated rings. The minimum Gasteiger partial charge on any atom is -0.387 e. The quantitative estimate of drug-likeness (QED) is 0.924. The van der Waals surface area contributed by atoms with Gasteiger partial charge in [-0.25, -0.2) is 12.8 Å². The van der Waals surface area contributed by atoms with E-state index < -0.39 is 21.8 Å². The summed E-state index contributed by atoms with van der Waals surface area (Å²) in [5.41, 5.74) is 2.02. The molecule has 2 aromatic rings. The normalized spacial score (nSPS) is 13.1. The zero-order valence-electron chi connectivity index (χ0n) is 11.7. The fourth-order valence-electron chi connectivity index (χ4n) is 2.09. The van der Waals surface area contributed by atoms with Crippen molar-refractivity contribution in [2.75, 3.05) is 5.75 Å². The molecule has 0 aromatic heterocycles. The summed E-state index contributed by atoms with van der Waals surface area (Å²) in [4.78, 5) is 0. The van der Waals surface area contributed by atoms with E-state index in [1.165, 1.54) is 24.3 Å². The van der Waals surface area contributed by atoms with Crippen molar-refractivity contribution in [3.05, 3.63) is 71.0 Å². The van der Waals surface area contributed by atoms with Gasteiger partial charge in [0.15, 0.2) is 9.84 Å². The van der Waals surface area contributed by atoms with Gasteiger partial charge in [0.25, 0.3) is 0 Å². The molecule has 0 bridgehead atoms. The minimum absolute atomic E-state index is 0.113. The van der Waals surface area contributed by atoms with E-state index in [-0.39, 0.29) is 11.5 Å². The fraction of sp³-hybridized carbons (Fsp3) is 0.250. The number of rotatable bonds is 5. The highest BCUT2D eigenvalue weighted by Crippen LogP contribution is 2.19. The lowest BCUT2D eigenvalue weighted by Crippen LogP contribution is -2.16. The first-order valence-electron chi connectivity index (χ1n) is 6.56. The fourth-order valence-corrected chi connectivity index (χ4v) is 3.68. The van der Waals surface area contributed by atoms with Gasteiger partial charge in [-0.3, -0.25) is 0 Å². The van der Waals surface area contributed by atoms with E-state index in [1.807, 2.05) is 19.1 Å². The molecule has 0 heterocycles. The zero-order chi connectivity index (χ0) is 15.5. The Morgan fingerprint density at radius 1 is 1.10 bits per heavy atom. The van der Waals surface area contributed by atoms with Gasteiger partial charge in [-0.15, -0.1) is 0 Å². The van der Waals surface area contributed by atoms with Gasteiger partial charge in [0.05, 0.1) is 17.6 Å². The van der Waals surface area contributed by atoms with Gasteiger partial charge in [0.1, 0.15) is 5.82 Å². The lowest BCUT2D eigenvalue weighted by Gasteiger charge is -2.12. The van der Waals surface area contributed by atoms with Crippen molar-refractivity contribution in [2.45, 2.75) is 18.8 Å². The molecule has 0 aliphatic heterocycles. The maximum atomic E-state index is 12.8. The average Bonchev–Trinajstić information content (AvgIpc) is 2.41. The second kappa shape index (κ2) is 6.37. The Morgan fingerprint density at radius 2 is 1.71 bits per heavy atom. The van der Waals surface area contributed by atoms with Crippen LogP contribution in [-0.4, -0.2) is 19.3 Å². The van der Waals surface area contributed by atoms with Crippen LogP contribution in [0.15, 0.2) is 48.5 Å². The summed E-state index contributed by atoms with van der Waals surface area (Å²) in [6.07, 6.45) is -1.15. The molecule has 1 N–H and O–H groups in total. The number of aliphatic hydroxyl groups is 1. The summed E-state index contributed by atoms with van der Waals surface area (Å²) >= 11 is 0. The van der Waals surface area contributed by atoms with Crippen LogP contribution in [0, 0.1) is 12.7 Å². The van der Waals surface area contributed by atoms with Crippen LogP contribution in [0.2, 0.25) is 0 Å². The number of benzene rings is 2. The standard InChI is InChI=1S/C16H17FO3S/c1-12-4-2-3-5-14(12)10-21(19,20)11-16(18)13-6-8-15(17)9-7-13/h2-9,16,18H,10-11H2,1H3. The van der Waals surface area contributed by atoms with Crippen molar-refractivity contribution >= 4 is 9.84 Å². The molecule has 0 spiro atoms. The first kappa shape index (κ1) is 15.7. The number of aryl methyl sites for hydroxylation is 1. The van der Waals surface area contributed by atoms with E-state index in [2.05, 4.69) is 0 Å². The van der Waals surface area contributed by atoms with Crippen LogP contribution in [0.1, 0.15) is 22.8 Å². The molecule has 0 aliphatic rings.